The van der Waals surface area contributed by atoms with Gasteiger partial charge >= 0.3 is 22.7 Å². The number of allylic oxidation sites excluding steroid dienone is 1. The van der Waals surface area contributed by atoms with E-state index in [-0.39, 0.29) is 0 Å². The highest BCUT2D eigenvalue weighted by Crippen LogP contribution is 2.64. The maximum atomic E-state index is 12.8. The zero-order chi connectivity index (χ0) is 19.8. The van der Waals surface area contributed by atoms with Gasteiger partial charge in [0.1, 0.15) is 4.91 Å². The third kappa shape index (κ3) is 8.75. The predicted molar refractivity (Wildman–Crippen MR) is 76.2 cm³/mol. The van der Waals surface area contributed by atoms with Gasteiger partial charge in [0.15, 0.2) is 0 Å². The van der Waals surface area contributed by atoms with Crippen LogP contribution < -0.4 is 0 Å². The monoisotopic (exact) mass is 484 g/mol. The maximum absolute atomic E-state index is 12.8. The Morgan fingerprint density at radius 1 is 0.480 bits per heavy atom. The van der Waals surface area contributed by atoms with Gasteiger partial charge in [0.2, 0.25) is 0 Å². The Kier molecular flexibility index (Phi) is 7.30. The van der Waals surface area contributed by atoms with Crippen LogP contribution in [-0.4, -0.2) is 22.7 Å². The molecular weight excluding hydrogens is 484 g/mol. The second-order valence-electron chi connectivity index (χ2n) is 3.54. The van der Waals surface area contributed by atoms with Crippen LogP contribution in [0.3, 0.4) is 0 Å². The van der Waals surface area contributed by atoms with Crippen molar-refractivity contribution in [3.8, 4) is 0 Å². The average molecular weight is 484 g/mol. The lowest BCUT2D eigenvalue weighted by Crippen LogP contribution is -2.15. The van der Waals surface area contributed by atoms with E-state index in [0.717, 1.165) is 0 Å². The van der Waals surface area contributed by atoms with Crippen LogP contribution in [0.15, 0.2) is 17.6 Å². The first-order valence-electron chi connectivity index (χ1n) is 5.06. The molecule has 25 heavy (non-hydrogen) atoms. The van der Waals surface area contributed by atoms with Gasteiger partial charge in [-0.15, -0.1) is 0 Å². The predicted octanol–water partition coefficient (Wildman–Crippen LogP) is 8.08. The molecule has 0 aromatic carbocycles. The van der Waals surface area contributed by atoms with Crippen LogP contribution >= 0.6 is 58.8 Å². The fourth-order valence-electron chi connectivity index (χ4n) is 1.03. The molecule has 0 fully saturated rings. The van der Waals surface area contributed by atoms with E-state index >= 15 is 0 Å². The number of thioether (sulfide) groups is 5. The average Bonchev–Trinajstić information content (AvgIpc) is 2.24. The van der Waals surface area contributed by atoms with Gasteiger partial charge in [-0.05, 0) is 35.3 Å². The van der Waals surface area contributed by atoms with Crippen molar-refractivity contribution < 1.29 is 52.7 Å². The molecule has 0 saturated heterocycles. The summed E-state index contributed by atoms with van der Waals surface area (Å²) < 4.78 is 145. The van der Waals surface area contributed by atoms with Gasteiger partial charge in [-0.2, -0.15) is 52.7 Å². The summed E-state index contributed by atoms with van der Waals surface area (Å²) in [6, 6.07) is 0. The minimum atomic E-state index is -5.48. The lowest BCUT2D eigenvalue weighted by atomic mass is 10.6. The molecule has 0 N–H and O–H groups in total. The summed E-state index contributed by atoms with van der Waals surface area (Å²) in [4.78, 5) is -2.06. The van der Waals surface area contributed by atoms with Gasteiger partial charge < -0.3 is 0 Å². The van der Waals surface area contributed by atoms with E-state index in [0.29, 0.717) is 0 Å². The maximum Gasteiger partial charge on any atom is 0.446 e. The molecule has 1 aliphatic heterocycles. The van der Waals surface area contributed by atoms with Crippen molar-refractivity contribution in [2.24, 2.45) is 0 Å². The molecule has 0 unspecified atom stereocenters. The highest BCUT2D eigenvalue weighted by Gasteiger charge is 2.48. The number of rotatable bonds is 3. The zero-order valence-electron chi connectivity index (χ0n) is 10.6. The standard InChI is InChI=1S/C8F12S5/c9-5(10,11)1-2(23-6(12,13)14)22-4(25-8(18,19)20)3(21-1)24-7(15,16)17. The molecule has 1 aliphatic rings. The lowest BCUT2D eigenvalue weighted by Gasteiger charge is -2.25. The number of halogens is 12. The summed E-state index contributed by atoms with van der Waals surface area (Å²) in [6.45, 7) is 0. The van der Waals surface area contributed by atoms with Crippen LogP contribution in [0.25, 0.3) is 0 Å². The van der Waals surface area contributed by atoms with Crippen molar-refractivity contribution in [3.63, 3.8) is 0 Å². The van der Waals surface area contributed by atoms with E-state index in [2.05, 4.69) is 0 Å². The molecular formula is C8F12S5. The minimum Gasteiger partial charge on any atom is -0.166 e. The SMILES string of the molecule is FC(F)(F)SC1=C(SC(F)(F)F)SC(C(F)(F)F)=C(SC(F)(F)F)S1. The van der Waals surface area contributed by atoms with Crippen molar-refractivity contribution in [3.05, 3.63) is 17.6 Å². The van der Waals surface area contributed by atoms with E-state index < -0.39 is 99.1 Å². The molecule has 17 heteroatoms. The smallest absolute Gasteiger partial charge is 0.166 e. The molecule has 0 atom stereocenters. The number of hydrogen-bond donors (Lipinski definition) is 0. The van der Waals surface area contributed by atoms with E-state index in [1.807, 2.05) is 0 Å². The van der Waals surface area contributed by atoms with Crippen molar-refractivity contribution in [1.29, 1.82) is 0 Å². The van der Waals surface area contributed by atoms with Gasteiger partial charge in [0.05, 0.1) is 12.7 Å². The fourth-order valence-corrected chi connectivity index (χ4v) is 6.72. The van der Waals surface area contributed by atoms with Crippen LogP contribution in [0.5, 0.6) is 0 Å². The van der Waals surface area contributed by atoms with Crippen LogP contribution in [0.2, 0.25) is 0 Å². The first kappa shape index (κ1) is 23.4. The first-order valence-corrected chi connectivity index (χ1v) is 9.14. The van der Waals surface area contributed by atoms with Crippen molar-refractivity contribution in [1.82, 2.24) is 0 Å². The third-order valence-corrected chi connectivity index (χ3v) is 7.56. The molecule has 0 aliphatic carbocycles. The van der Waals surface area contributed by atoms with Crippen LogP contribution in [-0.2, 0) is 0 Å². The Labute approximate surface area is 152 Å². The molecule has 0 nitrogen and oxygen atoms in total. The Morgan fingerprint density at radius 2 is 0.800 bits per heavy atom. The van der Waals surface area contributed by atoms with E-state index in [9.17, 15) is 52.7 Å². The second-order valence-corrected chi connectivity index (χ2v) is 9.58. The second kappa shape index (κ2) is 7.79. The van der Waals surface area contributed by atoms with Crippen LogP contribution in [0, 0.1) is 0 Å². The van der Waals surface area contributed by atoms with Gasteiger partial charge in [0.25, 0.3) is 0 Å². The zero-order valence-corrected chi connectivity index (χ0v) is 14.7. The van der Waals surface area contributed by atoms with Gasteiger partial charge in [-0.1, -0.05) is 23.5 Å². The van der Waals surface area contributed by atoms with Crippen LogP contribution in [0.1, 0.15) is 0 Å². The van der Waals surface area contributed by atoms with Gasteiger partial charge in [-0.25, -0.2) is 0 Å². The normalized spacial score (nSPS) is 18.2. The lowest BCUT2D eigenvalue weighted by molar-refractivity contribution is -0.0836. The van der Waals surface area contributed by atoms with Gasteiger partial charge in [0, 0.05) is 0 Å². The Balaban J connectivity index is 3.34. The highest BCUT2D eigenvalue weighted by molar-refractivity contribution is 8.36. The van der Waals surface area contributed by atoms with E-state index in [4.69, 9.17) is 0 Å². The molecule has 0 saturated carbocycles. The largest absolute Gasteiger partial charge is 0.446 e. The summed E-state index contributed by atoms with van der Waals surface area (Å²) in [6.07, 6.45) is -5.48. The molecule has 1 rings (SSSR count). The van der Waals surface area contributed by atoms with Crippen molar-refractivity contribution >= 4 is 58.8 Å². The van der Waals surface area contributed by atoms with Crippen LogP contribution in [0.4, 0.5) is 52.7 Å². The molecule has 0 bridgehead atoms. The summed E-state index contributed by atoms with van der Waals surface area (Å²) in [5, 5.41) is 0. The van der Waals surface area contributed by atoms with Crippen molar-refractivity contribution in [2.45, 2.75) is 22.7 Å². The minimum absolute atomic E-state index is 0.647. The molecule has 1 heterocycles. The first-order chi connectivity index (χ1) is 10.9. The molecule has 146 valence electrons. The number of alkyl halides is 12. The van der Waals surface area contributed by atoms with Crippen molar-refractivity contribution in [2.75, 3.05) is 0 Å². The fraction of sp³-hybridized carbons (Fsp3) is 0.500. The molecule has 0 spiro atoms. The third-order valence-electron chi connectivity index (χ3n) is 1.61. The Hall–Kier alpha value is 0.390. The van der Waals surface area contributed by atoms with E-state index in [1.165, 1.54) is 0 Å². The molecule has 0 amide bonds. The Bertz CT molecular complexity index is 562. The number of hydrogen-bond acceptors (Lipinski definition) is 5. The molecule has 0 aromatic heterocycles. The topological polar surface area (TPSA) is 0 Å². The quantitative estimate of drug-likeness (QED) is 0.370. The van der Waals surface area contributed by atoms with E-state index in [1.54, 1.807) is 0 Å². The van der Waals surface area contributed by atoms with Gasteiger partial charge in [-0.3, -0.25) is 0 Å². The molecule has 0 radical (unpaired) electrons. The summed E-state index contributed by atoms with van der Waals surface area (Å²) in [5.74, 6) is 0. The Morgan fingerprint density at radius 3 is 1.12 bits per heavy atom. The molecule has 0 aromatic rings. The highest BCUT2D eigenvalue weighted by atomic mass is 32.2. The summed E-state index contributed by atoms with van der Waals surface area (Å²) in [7, 11) is 0. The summed E-state index contributed by atoms with van der Waals surface area (Å²) in [5.41, 5.74) is -15.7. The summed E-state index contributed by atoms with van der Waals surface area (Å²) >= 11 is -5.28.